The number of hydrogen-bond acceptors (Lipinski definition) is 2. The Morgan fingerprint density at radius 3 is 1.30 bits per heavy atom. The Bertz CT molecular complexity index is 2800. The van der Waals surface area contributed by atoms with E-state index >= 15 is 0 Å². The molecular formula is C54H41N3. The number of allylic oxidation sites excluding steroid dienone is 2. The monoisotopic (exact) mass is 731 g/mol. The number of nitrogens with zero attached hydrogens (tertiary/aromatic N) is 3. The van der Waals surface area contributed by atoms with Crippen molar-refractivity contribution in [3.8, 4) is 27.9 Å². The molecule has 0 N–H and O–H groups in total. The fraction of sp³-hybridized carbons (Fsp3) is 0.0370. The van der Waals surface area contributed by atoms with Crippen molar-refractivity contribution in [1.82, 2.24) is 4.57 Å². The van der Waals surface area contributed by atoms with Crippen LogP contribution in [0.2, 0.25) is 0 Å². The second-order valence-corrected chi connectivity index (χ2v) is 14.6. The summed E-state index contributed by atoms with van der Waals surface area (Å²) in [5, 5.41) is 2.47. The Hall–Kier alpha value is -7.36. The van der Waals surface area contributed by atoms with Gasteiger partial charge in [0, 0.05) is 44.9 Å². The largest absolute Gasteiger partial charge is 0.334 e. The van der Waals surface area contributed by atoms with Gasteiger partial charge in [0.25, 0.3) is 0 Å². The summed E-state index contributed by atoms with van der Waals surface area (Å²) in [6.45, 7) is 0. The first kappa shape index (κ1) is 34.2. The molecule has 57 heavy (non-hydrogen) atoms. The van der Waals surface area contributed by atoms with Crippen LogP contribution in [-0.4, -0.2) is 10.6 Å². The molecule has 1 aliphatic carbocycles. The molecule has 1 aromatic heterocycles. The van der Waals surface area contributed by atoms with E-state index in [0.717, 1.165) is 29.2 Å². The van der Waals surface area contributed by atoms with E-state index < -0.39 is 0 Å². The zero-order valence-electron chi connectivity index (χ0n) is 31.6. The van der Waals surface area contributed by atoms with E-state index in [-0.39, 0.29) is 6.04 Å². The third-order valence-corrected chi connectivity index (χ3v) is 11.1. The van der Waals surface area contributed by atoms with E-state index in [4.69, 9.17) is 0 Å². The van der Waals surface area contributed by atoms with Gasteiger partial charge in [-0.2, -0.15) is 0 Å². The maximum Gasteiger partial charge on any atom is 0.0559 e. The highest BCUT2D eigenvalue weighted by atomic mass is 15.2. The Morgan fingerprint density at radius 1 is 0.386 bits per heavy atom. The molecule has 272 valence electrons. The van der Waals surface area contributed by atoms with E-state index in [2.05, 4.69) is 245 Å². The lowest BCUT2D eigenvalue weighted by Crippen LogP contribution is -2.29. The number of rotatable bonds is 9. The summed E-state index contributed by atoms with van der Waals surface area (Å²) in [6, 6.07) is 74.7. The Balaban J connectivity index is 1.04. The number of hydrogen-bond donors (Lipinski definition) is 0. The van der Waals surface area contributed by atoms with Crippen molar-refractivity contribution in [2.75, 3.05) is 9.80 Å². The molecule has 3 heteroatoms. The van der Waals surface area contributed by atoms with Crippen molar-refractivity contribution in [2.45, 2.75) is 12.5 Å². The third kappa shape index (κ3) is 6.60. The molecule has 10 rings (SSSR count). The van der Waals surface area contributed by atoms with Gasteiger partial charge in [-0.05, 0) is 126 Å². The van der Waals surface area contributed by atoms with E-state index in [9.17, 15) is 0 Å². The molecule has 0 spiro atoms. The maximum atomic E-state index is 2.44. The van der Waals surface area contributed by atoms with Crippen molar-refractivity contribution >= 4 is 50.2 Å². The van der Waals surface area contributed by atoms with Crippen molar-refractivity contribution in [3.05, 3.63) is 231 Å². The van der Waals surface area contributed by atoms with E-state index in [0.29, 0.717) is 0 Å². The summed E-state index contributed by atoms with van der Waals surface area (Å²) in [5.41, 5.74) is 14.1. The molecule has 8 aromatic carbocycles. The summed E-state index contributed by atoms with van der Waals surface area (Å²) in [5.74, 6) is 0. The molecule has 9 aromatic rings. The molecule has 0 saturated heterocycles. The molecule has 0 radical (unpaired) electrons. The van der Waals surface area contributed by atoms with E-state index in [1.807, 2.05) is 0 Å². The number of aromatic nitrogens is 1. The first-order chi connectivity index (χ1) is 28.3. The van der Waals surface area contributed by atoms with Gasteiger partial charge in [-0.3, -0.25) is 0 Å². The molecule has 1 heterocycles. The quantitative estimate of drug-likeness (QED) is 0.146. The second kappa shape index (κ2) is 15.1. The van der Waals surface area contributed by atoms with Crippen LogP contribution in [0.1, 0.15) is 6.42 Å². The minimum atomic E-state index is 0.265. The fourth-order valence-electron chi connectivity index (χ4n) is 8.34. The third-order valence-electron chi connectivity index (χ3n) is 11.1. The maximum absolute atomic E-state index is 2.44. The van der Waals surface area contributed by atoms with Gasteiger partial charge in [0.2, 0.25) is 0 Å². The topological polar surface area (TPSA) is 11.4 Å². The van der Waals surface area contributed by atoms with E-state index in [1.54, 1.807) is 0 Å². The highest BCUT2D eigenvalue weighted by Gasteiger charge is 2.20. The van der Waals surface area contributed by atoms with Crippen LogP contribution in [0.4, 0.5) is 28.4 Å². The second-order valence-electron chi connectivity index (χ2n) is 14.6. The zero-order valence-corrected chi connectivity index (χ0v) is 31.6. The fourth-order valence-corrected chi connectivity index (χ4v) is 8.34. The number of para-hydroxylation sites is 4. The average Bonchev–Trinajstić information content (AvgIpc) is 3.62. The van der Waals surface area contributed by atoms with Crippen LogP contribution in [0.5, 0.6) is 0 Å². The van der Waals surface area contributed by atoms with Gasteiger partial charge in [0.05, 0.1) is 17.1 Å². The molecule has 3 nitrogen and oxygen atoms in total. The summed E-state index contributed by atoms with van der Waals surface area (Å²) < 4.78 is 2.39. The average molecular weight is 732 g/mol. The smallest absolute Gasteiger partial charge is 0.0559 e. The zero-order chi connectivity index (χ0) is 38.0. The van der Waals surface area contributed by atoms with Crippen molar-refractivity contribution < 1.29 is 0 Å². The Morgan fingerprint density at radius 2 is 0.807 bits per heavy atom. The summed E-state index contributed by atoms with van der Waals surface area (Å²) >= 11 is 0. The lowest BCUT2D eigenvalue weighted by molar-refractivity contribution is 0.785. The lowest BCUT2D eigenvalue weighted by Gasteiger charge is -2.32. The minimum Gasteiger partial charge on any atom is -0.334 e. The first-order valence-electron chi connectivity index (χ1n) is 19.7. The number of benzene rings is 8. The highest BCUT2D eigenvalue weighted by Crippen LogP contribution is 2.40. The minimum absolute atomic E-state index is 0.265. The van der Waals surface area contributed by atoms with Gasteiger partial charge < -0.3 is 14.4 Å². The van der Waals surface area contributed by atoms with Crippen LogP contribution < -0.4 is 9.80 Å². The SMILES string of the molecule is C1=CCC(N(c2ccccc2)c2ccc(-c3ccc4c(c3)c3cc(-c5ccc(N(c6ccccc6)c6ccccc6)cc5)ccc3n4-c3ccccc3)cc2)C=C1. The molecule has 0 amide bonds. The lowest BCUT2D eigenvalue weighted by atomic mass is 9.99. The predicted octanol–water partition coefficient (Wildman–Crippen LogP) is 14.6. The summed E-state index contributed by atoms with van der Waals surface area (Å²) in [4.78, 5) is 4.74. The van der Waals surface area contributed by atoms with Gasteiger partial charge >= 0.3 is 0 Å². The molecule has 0 saturated carbocycles. The van der Waals surface area contributed by atoms with Gasteiger partial charge in [-0.15, -0.1) is 0 Å². The Labute approximate surface area is 334 Å². The number of anilines is 5. The van der Waals surface area contributed by atoms with Crippen LogP contribution in [0.25, 0.3) is 49.7 Å². The van der Waals surface area contributed by atoms with Crippen LogP contribution in [0, 0.1) is 0 Å². The molecule has 0 fully saturated rings. The number of fused-ring (bicyclic) bond motifs is 3. The van der Waals surface area contributed by atoms with Gasteiger partial charge in [0.1, 0.15) is 0 Å². The Kier molecular flexibility index (Phi) is 9.02. The highest BCUT2D eigenvalue weighted by molar-refractivity contribution is 6.11. The van der Waals surface area contributed by atoms with Gasteiger partial charge in [0.15, 0.2) is 0 Å². The summed E-state index contributed by atoms with van der Waals surface area (Å²) in [6.07, 6.45) is 9.82. The summed E-state index contributed by atoms with van der Waals surface area (Å²) in [7, 11) is 0. The van der Waals surface area contributed by atoms with Crippen molar-refractivity contribution in [2.24, 2.45) is 0 Å². The molecular weight excluding hydrogens is 691 g/mol. The van der Waals surface area contributed by atoms with Gasteiger partial charge in [-0.1, -0.05) is 133 Å². The van der Waals surface area contributed by atoms with E-state index in [1.165, 1.54) is 55.4 Å². The van der Waals surface area contributed by atoms with Crippen LogP contribution in [0.3, 0.4) is 0 Å². The molecule has 0 bridgehead atoms. The van der Waals surface area contributed by atoms with Crippen LogP contribution in [-0.2, 0) is 0 Å². The molecule has 1 unspecified atom stereocenters. The van der Waals surface area contributed by atoms with Gasteiger partial charge in [-0.25, -0.2) is 0 Å². The molecule has 0 aliphatic heterocycles. The predicted molar refractivity (Wildman–Crippen MR) is 242 cm³/mol. The molecule has 1 aliphatic rings. The van der Waals surface area contributed by atoms with Crippen LogP contribution in [0.15, 0.2) is 231 Å². The van der Waals surface area contributed by atoms with Crippen molar-refractivity contribution in [1.29, 1.82) is 0 Å². The molecule has 1 atom stereocenters. The first-order valence-corrected chi connectivity index (χ1v) is 19.7. The van der Waals surface area contributed by atoms with Crippen molar-refractivity contribution in [3.63, 3.8) is 0 Å². The standard InChI is InChI=1S/C54H41N3/c1-6-16-44(17-7-1)55(45-18-8-2-9-19-45)49-32-26-40(27-33-49)42-30-36-53-51(38-42)52-39-43(31-37-54(52)57(53)48-24-14-5-15-25-48)41-28-34-50(35-29-41)56(46-20-10-3-11-21-46)47-22-12-4-13-23-47/h1-22,24-39,47H,23H2. The normalized spacial score (nSPS) is 13.6. The van der Waals surface area contributed by atoms with Crippen LogP contribution >= 0.6 is 0 Å².